The van der Waals surface area contributed by atoms with E-state index in [1.807, 2.05) is 31.3 Å². The fourth-order valence-electron chi connectivity index (χ4n) is 2.93. The Morgan fingerprint density at radius 1 is 1.33 bits per heavy atom. The molecule has 7 heteroatoms. The lowest BCUT2D eigenvalue weighted by Crippen LogP contribution is -2.53. The topological polar surface area (TPSA) is 56.4 Å². The molecule has 1 aromatic carbocycles. The first-order valence-electron chi connectivity index (χ1n) is 6.84. The molecule has 0 spiro atoms. The maximum atomic E-state index is 11.7. The Kier molecular flexibility index (Phi) is 3.63. The van der Waals surface area contributed by atoms with Crippen LogP contribution in [0.25, 0.3) is 10.9 Å². The van der Waals surface area contributed by atoms with E-state index in [0.717, 1.165) is 16.6 Å². The van der Waals surface area contributed by atoms with Crippen LogP contribution in [0.2, 0.25) is 5.02 Å². The summed E-state index contributed by atoms with van der Waals surface area (Å²) in [6, 6.07) is 5.98. The monoisotopic (exact) mass is 327 g/mol. The Balaban J connectivity index is 1.95. The van der Waals surface area contributed by atoms with Crippen molar-refractivity contribution in [2.45, 2.75) is 13.0 Å². The average molecular weight is 328 g/mol. The summed E-state index contributed by atoms with van der Waals surface area (Å²) in [5, 5.41) is 1.79. The molecule has 1 atom stereocenters. The van der Waals surface area contributed by atoms with E-state index in [9.17, 15) is 8.42 Å². The van der Waals surface area contributed by atoms with E-state index in [-0.39, 0.29) is 6.04 Å². The molecule has 5 nitrogen and oxygen atoms in total. The maximum Gasteiger partial charge on any atom is 0.211 e. The second-order valence-electron chi connectivity index (χ2n) is 5.53. The van der Waals surface area contributed by atoms with Crippen molar-refractivity contribution in [1.29, 1.82) is 0 Å². The van der Waals surface area contributed by atoms with Gasteiger partial charge in [-0.2, -0.15) is 4.31 Å². The average Bonchev–Trinajstić information content (AvgIpc) is 2.84. The highest BCUT2D eigenvalue weighted by Gasteiger charge is 2.29. The zero-order valence-electron chi connectivity index (χ0n) is 12.0. The zero-order chi connectivity index (χ0) is 15.2. The van der Waals surface area contributed by atoms with Crippen LogP contribution < -0.4 is 4.90 Å². The number of sulfonamides is 1. The third-order valence-electron chi connectivity index (χ3n) is 3.98. The summed E-state index contributed by atoms with van der Waals surface area (Å²) in [7, 11) is -3.13. The molecule has 1 fully saturated rings. The van der Waals surface area contributed by atoms with Crippen LogP contribution in [0, 0.1) is 0 Å². The van der Waals surface area contributed by atoms with E-state index in [1.165, 1.54) is 10.6 Å². The molecule has 1 N–H and O–H groups in total. The van der Waals surface area contributed by atoms with Gasteiger partial charge in [0.2, 0.25) is 10.0 Å². The molecule has 0 unspecified atom stereocenters. The number of rotatable bonds is 2. The van der Waals surface area contributed by atoms with Crippen LogP contribution in [-0.2, 0) is 10.0 Å². The Bertz CT molecular complexity index is 772. The lowest BCUT2D eigenvalue weighted by atomic mass is 10.1. The number of nitrogens with zero attached hydrogens (tertiary/aromatic N) is 2. The predicted molar refractivity (Wildman–Crippen MR) is 86.5 cm³/mol. The minimum absolute atomic E-state index is 0.102. The van der Waals surface area contributed by atoms with Gasteiger partial charge >= 0.3 is 0 Å². The zero-order valence-corrected chi connectivity index (χ0v) is 13.6. The molecular formula is C14H18ClN3O2S. The SMILES string of the molecule is C[C@H]1CN(S(C)(=O)=O)CCN1c1cc(Cl)cc2[nH]ccc12. The number of anilines is 1. The van der Waals surface area contributed by atoms with Crippen LogP contribution in [0.1, 0.15) is 6.92 Å². The minimum Gasteiger partial charge on any atom is -0.366 e. The smallest absolute Gasteiger partial charge is 0.211 e. The van der Waals surface area contributed by atoms with Gasteiger partial charge in [-0.25, -0.2) is 8.42 Å². The predicted octanol–water partition coefficient (Wildman–Crippen LogP) is 2.29. The van der Waals surface area contributed by atoms with Crippen molar-refractivity contribution in [3.05, 3.63) is 29.4 Å². The summed E-state index contributed by atoms with van der Waals surface area (Å²) in [5.74, 6) is 0. The van der Waals surface area contributed by atoms with Crippen LogP contribution in [0.5, 0.6) is 0 Å². The second-order valence-corrected chi connectivity index (χ2v) is 7.95. The molecule has 0 aliphatic carbocycles. The lowest BCUT2D eigenvalue weighted by molar-refractivity contribution is 0.345. The van der Waals surface area contributed by atoms with Gasteiger partial charge in [0, 0.05) is 53.5 Å². The van der Waals surface area contributed by atoms with Crippen LogP contribution in [0.3, 0.4) is 0 Å². The molecule has 114 valence electrons. The number of nitrogens with one attached hydrogen (secondary N) is 1. The van der Waals surface area contributed by atoms with Gasteiger partial charge in [0.1, 0.15) is 0 Å². The fraction of sp³-hybridized carbons (Fsp3) is 0.429. The van der Waals surface area contributed by atoms with Crippen molar-refractivity contribution in [2.24, 2.45) is 0 Å². The van der Waals surface area contributed by atoms with Crippen molar-refractivity contribution < 1.29 is 8.42 Å². The summed E-state index contributed by atoms with van der Waals surface area (Å²) in [5.41, 5.74) is 2.05. The Labute approximate surface area is 129 Å². The number of piperazine rings is 1. The Morgan fingerprint density at radius 2 is 2.10 bits per heavy atom. The summed E-state index contributed by atoms with van der Waals surface area (Å²) in [4.78, 5) is 5.40. The molecule has 0 saturated carbocycles. The van der Waals surface area contributed by atoms with Crippen molar-refractivity contribution in [3.63, 3.8) is 0 Å². The highest BCUT2D eigenvalue weighted by atomic mass is 35.5. The van der Waals surface area contributed by atoms with Crippen LogP contribution in [0.15, 0.2) is 24.4 Å². The van der Waals surface area contributed by atoms with Crippen molar-refractivity contribution >= 4 is 38.2 Å². The lowest BCUT2D eigenvalue weighted by Gasteiger charge is -2.40. The number of aromatic nitrogens is 1. The summed E-state index contributed by atoms with van der Waals surface area (Å²) < 4.78 is 24.9. The second kappa shape index (κ2) is 5.19. The molecular weight excluding hydrogens is 310 g/mol. The number of benzene rings is 1. The van der Waals surface area contributed by atoms with Crippen molar-refractivity contribution in [3.8, 4) is 0 Å². The van der Waals surface area contributed by atoms with Crippen LogP contribution in [-0.4, -0.2) is 49.6 Å². The van der Waals surface area contributed by atoms with E-state index < -0.39 is 10.0 Å². The van der Waals surface area contributed by atoms with Crippen molar-refractivity contribution in [1.82, 2.24) is 9.29 Å². The highest BCUT2D eigenvalue weighted by Crippen LogP contribution is 2.32. The molecule has 21 heavy (non-hydrogen) atoms. The first kappa shape index (κ1) is 14.7. The van der Waals surface area contributed by atoms with Gasteiger partial charge in [-0.1, -0.05) is 11.6 Å². The minimum atomic E-state index is -3.13. The number of fused-ring (bicyclic) bond motifs is 1. The Hall–Kier alpha value is -1.24. The first-order chi connectivity index (χ1) is 9.86. The first-order valence-corrected chi connectivity index (χ1v) is 9.07. The van der Waals surface area contributed by atoms with Gasteiger partial charge in [-0.3, -0.25) is 0 Å². The van der Waals surface area contributed by atoms with Gasteiger partial charge in [0.05, 0.1) is 6.26 Å². The van der Waals surface area contributed by atoms with Gasteiger partial charge in [-0.05, 0) is 25.1 Å². The van der Waals surface area contributed by atoms with E-state index in [2.05, 4.69) is 9.88 Å². The molecule has 1 aromatic heterocycles. The molecule has 1 aliphatic rings. The maximum absolute atomic E-state index is 11.7. The third-order valence-corrected chi connectivity index (χ3v) is 5.47. The molecule has 2 aromatic rings. The van der Waals surface area contributed by atoms with Gasteiger partial charge in [-0.15, -0.1) is 0 Å². The number of hydrogen-bond acceptors (Lipinski definition) is 3. The summed E-state index contributed by atoms with van der Waals surface area (Å²) in [6.07, 6.45) is 3.15. The van der Waals surface area contributed by atoms with Gasteiger partial charge < -0.3 is 9.88 Å². The van der Waals surface area contributed by atoms with E-state index >= 15 is 0 Å². The molecule has 2 heterocycles. The van der Waals surface area contributed by atoms with E-state index in [4.69, 9.17) is 11.6 Å². The normalized spacial score (nSPS) is 21.1. The fourth-order valence-corrected chi connectivity index (χ4v) is 4.05. The molecule has 0 bridgehead atoms. The Morgan fingerprint density at radius 3 is 2.76 bits per heavy atom. The third kappa shape index (κ3) is 2.75. The quantitative estimate of drug-likeness (QED) is 0.920. The highest BCUT2D eigenvalue weighted by molar-refractivity contribution is 7.88. The molecule has 0 amide bonds. The largest absolute Gasteiger partial charge is 0.366 e. The molecule has 1 aliphatic heterocycles. The number of aromatic amines is 1. The van der Waals surface area contributed by atoms with E-state index in [1.54, 1.807) is 0 Å². The number of hydrogen-bond donors (Lipinski definition) is 1. The van der Waals surface area contributed by atoms with Crippen molar-refractivity contribution in [2.75, 3.05) is 30.8 Å². The molecule has 1 saturated heterocycles. The van der Waals surface area contributed by atoms with Crippen LogP contribution in [0.4, 0.5) is 5.69 Å². The summed E-state index contributed by atoms with van der Waals surface area (Å²) >= 11 is 6.20. The standard InChI is InChI=1S/C14H18ClN3O2S/c1-10-9-17(21(2,19)20)5-6-18(10)14-8-11(15)7-13-12(14)3-4-16-13/h3-4,7-8,10,16H,5-6,9H2,1-2H3/t10-/m0/s1. The van der Waals surface area contributed by atoms with Crippen LogP contribution >= 0.6 is 11.6 Å². The van der Waals surface area contributed by atoms with E-state index in [0.29, 0.717) is 24.7 Å². The van der Waals surface area contributed by atoms with Gasteiger partial charge in [0.15, 0.2) is 0 Å². The molecule has 0 radical (unpaired) electrons. The molecule has 3 rings (SSSR count). The number of H-pyrrole nitrogens is 1. The summed E-state index contributed by atoms with van der Waals surface area (Å²) in [6.45, 7) is 3.70. The van der Waals surface area contributed by atoms with Gasteiger partial charge in [0.25, 0.3) is 0 Å². The number of halogens is 1.